The van der Waals surface area contributed by atoms with Crippen LogP contribution in [0, 0.1) is 0 Å². The van der Waals surface area contributed by atoms with Crippen molar-refractivity contribution < 1.29 is 8.95 Å². The number of para-hydroxylation sites is 2. The number of fused-ring (bicyclic) bond motifs is 1. The SMILES string of the molecule is COc1ccccc1N1CCN(C2=NS(=O)c3cc(Cl)ccc3N2)CC1. The molecule has 0 aliphatic carbocycles. The number of hydrogen-bond acceptors (Lipinski definition) is 5. The van der Waals surface area contributed by atoms with Gasteiger partial charge in [-0.2, -0.15) is 0 Å². The van der Waals surface area contributed by atoms with Crippen LogP contribution in [-0.4, -0.2) is 48.4 Å². The third kappa shape index (κ3) is 3.24. The van der Waals surface area contributed by atoms with Crippen molar-refractivity contribution in [1.82, 2.24) is 4.90 Å². The van der Waals surface area contributed by atoms with Crippen LogP contribution in [0.2, 0.25) is 5.02 Å². The van der Waals surface area contributed by atoms with Crippen LogP contribution in [0.1, 0.15) is 0 Å². The number of nitrogens with zero attached hydrogens (tertiary/aromatic N) is 3. The number of hydrogen-bond donors (Lipinski definition) is 1. The zero-order valence-corrected chi connectivity index (χ0v) is 15.9. The fraction of sp³-hybridized carbons (Fsp3) is 0.278. The molecular weight excluding hydrogens is 372 g/mol. The molecular formula is C18H19ClN4O2S. The van der Waals surface area contributed by atoms with E-state index in [-0.39, 0.29) is 0 Å². The lowest BCUT2D eigenvalue weighted by atomic mass is 10.2. The van der Waals surface area contributed by atoms with Crippen LogP contribution in [0.3, 0.4) is 0 Å². The van der Waals surface area contributed by atoms with Gasteiger partial charge in [0.25, 0.3) is 0 Å². The van der Waals surface area contributed by atoms with E-state index in [1.807, 2.05) is 24.3 Å². The van der Waals surface area contributed by atoms with Gasteiger partial charge in [-0.1, -0.05) is 23.7 Å². The molecule has 0 saturated carbocycles. The van der Waals surface area contributed by atoms with Gasteiger partial charge in [-0.15, -0.1) is 4.40 Å². The first-order chi connectivity index (χ1) is 12.7. The second-order valence-corrected chi connectivity index (χ2v) is 7.63. The number of anilines is 2. The molecule has 2 aliphatic rings. The highest BCUT2D eigenvalue weighted by molar-refractivity contribution is 7.84. The third-order valence-corrected chi connectivity index (χ3v) is 5.84. The Morgan fingerprint density at radius 3 is 2.62 bits per heavy atom. The van der Waals surface area contributed by atoms with Gasteiger partial charge in [0.1, 0.15) is 5.75 Å². The fourth-order valence-corrected chi connectivity index (χ4v) is 4.39. The van der Waals surface area contributed by atoms with Crippen LogP contribution in [0.15, 0.2) is 51.8 Å². The van der Waals surface area contributed by atoms with Gasteiger partial charge >= 0.3 is 0 Å². The average Bonchev–Trinajstić information content (AvgIpc) is 2.68. The molecule has 1 saturated heterocycles. The highest BCUT2D eigenvalue weighted by atomic mass is 35.5. The number of guanidine groups is 1. The van der Waals surface area contributed by atoms with E-state index in [9.17, 15) is 4.21 Å². The van der Waals surface area contributed by atoms with E-state index in [0.29, 0.717) is 15.9 Å². The van der Waals surface area contributed by atoms with Crippen LogP contribution < -0.4 is 15.0 Å². The first-order valence-electron chi connectivity index (χ1n) is 8.36. The lowest BCUT2D eigenvalue weighted by Crippen LogP contribution is -2.51. The number of rotatable bonds is 2. The Labute approximate surface area is 160 Å². The maximum atomic E-state index is 12.4. The minimum absolute atomic E-state index is 0.558. The number of halogens is 1. The van der Waals surface area contributed by atoms with Crippen LogP contribution in [0.4, 0.5) is 11.4 Å². The summed E-state index contributed by atoms with van der Waals surface area (Å²) in [6.07, 6.45) is 0. The molecule has 1 N–H and O–H groups in total. The molecule has 136 valence electrons. The van der Waals surface area contributed by atoms with Gasteiger partial charge in [-0.05, 0) is 30.3 Å². The van der Waals surface area contributed by atoms with E-state index in [1.165, 1.54) is 0 Å². The predicted molar refractivity (Wildman–Crippen MR) is 106 cm³/mol. The Bertz CT molecular complexity index is 881. The molecule has 0 aromatic heterocycles. The molecule has 0 bridgehead atoms. The average molecular weight is 391 g/mol. The largest absolute Gasteiger partial charge is 0.495 e. The molecule has 0 amide bonds. The molecule has 1 atom stereocenters. The summed E-state index contributed by atoms with van der Waals surface area (Å²) in [7, 11) is 0.248. The van der Waals surface area contributed by atoms with Crippen molar-refractivity contribution in [3.8, 4) is 5.75 Å². The van der Waals surface area contributed by atoms with Crippen molar-refractivity contribution in [2.24, 2.45) is 4.40 Å². The Hall–Kier alpha value is -2.25. The molecule has 2 aromatic carbocycles. The van der Waals surface area contributed by atoms with E-state index < -0.39 is 11.0 Å². The molecule has 8 heteroatoms. The lowest BCUT2D eigenvalue weighted by Gasteiger charge is -2.38. The van der Waals surface area contributed by atoms with Crippen molar-refractivity contribution >= 4 is 39.9 Å². The smallest absolute Gasteiger partial charge is 0.213 e. The number of methoxy groups -OCH3 is 1. The summed E-state index contributed by atoms with van der Waals surface area (Å²) >= 11 is 5.99. The molecule has 0 spiro atoms. The van der Waals surface area contributed by atoms with Gasteiger partial charge in [-0.3, -0.25) is 0 Å². The monoisotopic (exact) mass is 390 g/mol. The molecule has 1 unspecified atom stereocenters. The van der Waals surface area contributed by atoms with Crippen LogP contribution in [0.5, 0.6) is 5.75 Å². The highest BCUT2D eigenvalue weighted by Gasteiger charge is 2.26. The Kier molecular flexibility index (Phi) is 4.74. The molecule has 2 aromatic rings. The molecule has 2 heterocycles. The molecule has 0 radical (unpaired) electrons. The minimum Gasteiger partial charge on any atom is -0.495 e. The molecule has 26 heavy (non-hydrogen) atoms. The number of piperazine rings is 1. The van der Waals surface area contributed by atoms with Gasteiger partial charge in [0.2, 0.25) is 5.96 Å². The molecule has 4 rings (SSSR count). The van der Waals surface area contributed by atoms with E-state index in [0.717, 1.165) is 43.3 Å². The number of nitrogens with one attached hydrogen (secondary N) is 1. The summed E-state index contributed by atoms with van der Waals surface area (Å²) in [5, 5.41) is 3.84. The van der Waals surface area contributed by atoms with Crippen molar-refractivity contribution in [3.63, 3.8) is 0 Å². The van der Waals surface area contributed by atoms with E-state index >= 15 is 0 Å². The molecule has 2 aliphatic heterocycles. The van der Waals surface area contributed by atoms with Gasteiger partial charge in [0.05, 0.1) is 23.4 Å². The summed E-state index contributed by atoms with van der Waals surface area (Å²) in [4.78, 5) is 5.04. The molecule has 6 nitrogen and oxygen atoms in total. The lowest BCUT2D eigenvalue weighted by molar-refractivity contribution is 0.377. The Morgan fingerprint density at radius 2 is 1.85 bits per heavy atom. The van der Waals surface area contributed by atoms with Crippen molar-refractivity contribution in [2.45, 2.75) is 4.90 Å². The third-order valence-electron chi connectivity index (χ3n) is 4.55. The summed E-state index contributed by atoms with van der Waals surface area (Å²) in [5.74, 6) is 1.53. The maximum Gasteiger partial charge on any atom is 0.213 e. The first-order valence-corrected chi connectivity index (χ1v) is 9.84. The van der Waals surface area contributed by atoms with Crippen LogP contribution >= 0.6 is 11.6 Å². The Balaban J connectivity index is 1.47. The normalized spacial score (nSPS) is 19.5. The van der Waals surface area contributed by atoms with E-state index in [4.69, 9.17) is 16.3 Å². The topological polar surface area (TPSA) is 57.2 Å². The van der Waals surface area contributed by atoms with Gasteiger partial charge < -0.3 is 19.9 Å². The van der Waals surface area contributed by atoms with Crippen molar-refractivity contribution in [3.05, 3.63) is 47.5 Å². The summed E-state index contributed by atoms with van der Waals surface area (Å²) in [6.45, 7) is 3.23. The summed E-state index contributed by atoms with van der Waals surface area (Å²) in [6, 6.07) is 13.3. The minimum atomic E-state index is -1.44. The van der Waals surface area contributed by atoms with Gasteiger partial charge in [0.15, 0.2) is 11.0 Å². The van der Waals surface area contributed by atoms with Gasteiger partial charge in [0, 0.05) is 31.2 Å². The van der Waals surface area contributed by atoms with Crippen molar-refractivity contribution in [2.75, 3.05) is 43.5 Å². The highest BCUT2D eigenvalue weighted by Crippen LogP contribution is 2.30. The number of benzene rings is 2. The van der Waals surface area contributed by atoms with Crippen LogP contribution in [0.25, 0.3) is 0 Å². The van der Waals surface area contributed by atoms with E-state index in [1.54, 1.807) is 19.2 Å². The maximum absolute atomic E-state index is 12.4. The summed E-state index contributed by atoms with van der Waals surface area (Å²) in [5.41, 5.74) is 1.89. The number of ether oxygens (including phenoxy) is 1. The summed E-state index contributed by atoms with van der Waals surface area (Å²) < 4.78 is 22.2. The second kappa shape index (κ2) is 7.17. The standard InChI is InChI=1S/C18H19ClN4O2S/c1-25-16-5-3-2-4-15(16)22-8-10-23(11-9-22)18-20-14-7-6-13(19)12-17(14)26(24)21-18/h2-7,12H,8-11H2,1H3,(H,20,21). The fourth-order valence-electron chi connectivity index (χ4n) is 3.20. The molecule has 1 fully saturated rings. The Morgan fingerprint density at radius 1 is 1.12 bits per heavy atom. The zero-order chi connectivity index (χ0) is 18.1. The van der Waals surface area contributed by atoms with Crippen LogP contribution in [-0.2, 0) is 11.0 Å². The zero-order valence-electron chi connectivity index (χ0n) is 14.3. The van der Waals surface area contributed by atoms with E-state index in [2.05, 4.69) is 25.6 Å². The van der Waals surface area contributed by atoms with Gasteiger partial charge in [-0.25, -0.2) is 4.21 Å². The quantitative estimate of drug-likeness (QED) is 0.854. The predicted octanol–water partition coefficient (Wildman–Crippen LogP) is 2.97. The first kappa shape index (κ1) is 17.2. The van der Waals surface area contributed by atoms with Crippen molar-refractivity contribution in [1.29, 1.82) is 0 Å². The second-order valence-electron chi connectivity index (χ2n) is 6.08.